The number of alkyl halides is 3. The molecular formula is C7H12F3N. The van der Waals surface area contributed by atoms with Crippen molar-refractivity contribution in [3.63, 3.8) is 0 Å². The quantitative estimate of drug-likeness (QED) is 0.631. The van der Waals surface area contributed by atoms with Gasteiger partial charge in [0.15, 0.2) is 0 Å². The molecule has 0 heterocycles. The molecule has 0 bridgehead atoms. The van der Waals surface area contributed by atoms with Gasteiger partial charge in [-0.1, -0.05) is 12.8 Å². The molecule has 1 rings (SSSR count). The van der Waals surface area contributed by atoms with Crippen LogP contribution in [-0.4, -0.2) is 19.3 Å². The SMILES string of the molecule is FC(F)(F)CNCCC1CC1. The van der Waals surface area contributed by atoms with Crippen LogP contribution in [0.5, 0.6) is 0 Å². The lowest BCUT2D eigenvalue weighted by molar-refractivity contribution is -0.124. The maximum atomic E-state index is 11.5. The number of halogens is 3. The zero-order valence-corrected chi connectivity index (χ0v) is 6.25. The molecule has 0 aliphatic heterocycles. The summed E-state index contributed by atoms with van der Waals surface area (Å²) in [5.41, 5.74) is 0. The molecule has 1 nitrogen and oxygen atoms in total. The second-order valence-electron chi connectivity index (χ2n) is 3.02. The van der Waals surface area contributed by atoms with E-state index in [1.165, 1.54) is 12.8 Å². The second kappa shape index (κ2) is 3.43. The molecule has 0 amide bonds. The van der Waals surface area contributed by atoms with Crippen molar-refractivity contribution in [2.45, 2.75) is 25.4 Å². The van der Waals surface area contributed by atoms with Crippen LogP contribution in [-0.2, 0) is 0 Å². The van der Waals surface area contributed by atoms with E-state index in [1.807, 2.05) is 0 Å². The van der Waals surface area contributed by atoms with E-state index < -0.39 is 12.7 Å². The average Bonchev–Trinajstić information content (AvgIpc) is 2.60. The first-order valence-electron chi connectivity index (χ1n) is 3.85. The zero-order valence-electron chi connectivity index (χ0n) is 6.25. The van der Waals surface area contributed by atoms with Crippen molar-refractivity contribution in [1.82, 2.24) is 5.32 Å². The fourth-order valence-corrected chi connectivity index (χ4v) is 0.943. The molecule has 0 atom stereocenters. The summed E-state index contributed by atoms with van der Waals surface area (Å²) >= 11 is 0. The highest BCUT2D eigenvalue weighted by molar-refractivity contribution is 4.73. The minimum atomic E-state index is -4.05. The molecule has 0 aromatic rings. The van der Waals surface area contributed by atoms with Gasteiger partial charge in [-0.3, -0.25) is 0 Å². The molecule has 1 saturated carbocycles. The van der Waals surface area contributed by atoms with Crippen LogP contribution in [0.1, 0.15) is 19.3 Å². The van der Waals surface area contributed by atoms with Crippen LogP contribution in [0.2, 0.25) is 0 Å². The Morgan fingerprint density at radius 3 is 2.36 bits per heavy atom. The highest BCUT2D eigenvalue weighted by Crippen LogP contribution is 2.31. The molecule has 0 radical (unpaired) electrons. The van der Waals surface area contributed by atoms with E-state index in [-0.39, 0.29) is 0 Å². The minimum Gasteiger partial charge on any atom is -0.309 e. The normalized spacial score (nSPS) is 18.8. The maximum Gasteiger partial charge on any atom is 0.401 e. The van der Waals surface area contributed by atoms with Crippen molar-refractivity contribution >= 4 is 0 Å². The summed E-state index contributed by atoms with van der Waals surface area (Å²) in [6.07, 6.45) is -0.749. The van der Waals surface area contributed by atoms with Gasteiger partial charge < -0.3 is 5.32 Å². The number of hydrogen-bond acceptors (Lipinski definition) is 1. The smallest absolute Gasteiger partial charge is 0.309 e. The molecule has 1 aliphatic rings. The molecule has 0 spiro atoms. The summed E-state index contributed by atoms with van der Waals surface area (Å²) in [5.74, 6) is 0.704. The summed E-state index contributed by atoms with van der Waals surface area (Å²) in [6.45, 7) is -0.343. The van der Waals surface area contributed by atoms with Gasteiger partial charge in [-0.15, -0.1) is 0 Å². The third-order valence-corrected chi connectivity index (χ3v) is 1.75. The molecule has 1 N–H and O–H groups in total. The van der Waals surface area contributed by atoms with Crippen molar-refractivity contribution in [3.05, 3.63) is 0 Å². The second-order valence-corrected chi connectivity index (χ2v) is 3.02. The van der Waals surface area contributed by atoms with Crippen molar-refractivity contribution in [3.8, 4) is 0 Å². The number of nitrogens with one attached hydrogen (secondary N) is 1. The van der Waals surface area contributed by atoms with Crippen LogP contribution >= 0.6 is 0 Å². The van der Waals surface area contributed by atoms with Crippen LogP contribution in [0.3, 0.4) is 0 Å². The summed E-state index contributed by atoms with van der Waals surface area (Å²) in [4.78, 5) is 0. The Morgan fingerprint density at radius 2 is 1.91 bits per heavy atom. The van der Waals surface area contributed by atoms with E-state index in [0.717, 1.165) is 6.42 Å². The van der Waals surface area contributed by atoms with Gasteiger partial charge in [0.25, 0.3) is 0 Å². The highest BCUT2D eigenvalue weighted by Gasteiger charge is 2.27. The maximum absolute atomic E-state index is 11.5. The lowest BCUT2D eigenvalue weighted by atomic mass is 10.3. The summed E-state index contributed by atoms with van der Waals surface area (Å²) in [5, 5.41) is 2.37. The lowest BCUT2D eigenvalue weighted by Crippen LogP contribution is -2.29. The topological polar surface area (TPSA) is 12.0 Å². The van der Waals surface area contributed by atoms with Crippen LogP contribution in [0.4, 0.5) is 13.2 Å². The van der Waals surface area contributed by atoms with Crippen molar-refractivity contribution in [2.24, 2.45) is 5.92 Å². The number of rotatable bonds is 4. The third kappa shape index (κ3) is 5.07. The molecular weight excluding hydrogens is 155 g/mol. The third-order valence-electron chi connectivity index (χ3n) is 1.75. The minimum absolute atomic E-state index is 0.504. The zero-order chi connectivity index (χ0) is 8.32. The monoisotopic (exact) mass is 167 g/mol. The molecule has 1 fully saturated rings. The van der Waals surface area contributed by atoms with Gasteiger partial charge in [0, 0.05) is 0 Å². The molecule has 4 heteroatoms. The molecule has 0 aromatic heterocycles. The Hall–Kier alpha value is -0.250. The van der Waals surface area contributed by atoms with Gasteiger partial charge >= 0.3 is 6.18 Å². The highest BCUT2D eigenvalue weighted by atomic mass is 19.4. The molecule has 0 saturated heterocycles. The van der Waals surface area contributed by atoms with Crippen LogP contribution < -0.4 is 5.32 Å². The average molecular weight is 167 g/mol. The van der Waals surface area contributed by atoms with E-state index in [9.17, 15) is 13.2 Å². The Bertz CT molecular complexity index is 117. The Morgan fingerprint density at radius 1 is 1.27 bits per heavy atom. The standard InChI is InChI=1S/C7H12F3N/c8-7(9,10)5-11-4-3-6-1-2-6/h6,11H,1-5H2. The Kier molecular flexibility index (Phi) is 2.76. The molecule has 11 heavy (non-hydrogen) atoms. The lowest BCUT2D eigenvalue weighted by Gasteiger charge is -2.06. The molecule has 0 aromatic carbocycles. The van der Waals surface area contributed by atoms with Crippen LogP contribution in [0, 0.1) is 5.92 Å². The van der Waals surface area contributed by atoms with Gasteiger partial charge in [0.1, 0.15) is 0 Å². The van der Waals surface area contributed by atoms with Crippen LogP contribution in [0.15, 0.2) is 0 Å². The largest absolute Gasteiger partial charge is 0.401 e. The first-order valence-corrected chi connectivity index (χ1v) is 3.85. The fraction of sp³-hybridized carbons (Fsp3) is 1.00. The van der Waals surface area contributed by atoms with E-state index in [2.05, 4.69) is 5.32 Å². The fourth-order valence-electron chi connectivity index (χ4n) is 0.943. The van der Waals surface area contributed by atoms with E-state index >= 15 is 0 Å². The van der Waals surface area contributed by atoms with E-state index in [4.69, 9.17) is 0 Å². The van der Waals surface area contributed by atoms with Crippen molar-refractivity contribution in [1.29, 1.82) is 0 Å². The van der Waals surface area contributed by atoms with Crippen LogP contribution in [0.25, 0.3) is 0 Å². The van der Waals surface area contributed by atoms with Crippen molar-refractivity contribution < 1.29 is 13.2 Å². The van der Waals surface area contributed by atoms with Gasteiger partial charge in [-0.25, -0.2) is 0 Å². The van der Waals surface area contributed by atoms with Gasteiger partial charge in [-0.05, 0) is 18.9 Å². The predicted molar refractivity (Wildman–Crippen MR) is 36.3 cm³/mol. The number of hydrogen-bond donors (Lipinski definition) is 1. The van der Waals surface area contributed by atoms with Gasteiger partial charge in [0.2, 0.25) is 0 Å². The van der Waals surface area contributed by atoms with E-state index in [1.54, 1.807) is 0 Å². The first-order chi connectivity index (χ1) is 5.08. The molecule has 0 unspecified atom stereocenters. The Balaban J connectivity index is 1.87. The first kappa shape index (κ1) is 8.84. The molecule has 66 valence electrons. The summed E-state index contributed by atoms with van der Waals surface area (Å²) in [6, 6.07) is 0. The molecule has 1 aliphatic carbocycles. The van der Waals surface area contributed by atoms with Gasteiger partial charge in [0.05, 0.1) is 6.54 Å². The Labute approximate surface area is 64.0 Å². The summed E-state index contributed by atoms with van der Waals surface area (Å²) < 4.78 is 34.6. The van der Waals surface area contributed by atoms with E-state index in [0.29, 0.717) is 12.5 Å². The van der Waals surface area contributed by atoms with Gasteiger partial charge in [-0.2, -0.15) is 13.2 Å². The predicted octanol–water partition coefficient (Wildman–Crippen LogP) is 1.94. The van der Waals surface area contributed by atoms with Crippen molar-refractivity contribution in [2.75, 3.05) is 13.1 Å². The summed E-state index contributed by atoms with van der Waals surface area (Å²) in [7, 11) is 0.